The number of nitrogen functional groups attached to an aromatic ring is 1. The molecule has 0 bridgehead atoms. The van der Waals surface area contributed by atoms with Crippen molar-refractivity contribution in [2.24, 2.45) is 0 Å². The lowest BCUT2D eigenvalue weighted by atomic mass is 9.98. The summed E-state index contributed by atoms with van der Waals surface area (Å²) in [5, 5.41) is 9.77. The number of hydrogen-bond donors (Lipinski definition) is 2. The third-order valence-corrected chi connectivity index (χ3v) is 4.24. The summed E-state index contributed by atoms with van der Waals surface area (Å²) in [7, 11) is 2.07. The van der Waals surface area contributed by atoms with Crippen molar-refractivity contribution in [3.8, 4) is 0 Å². The Morgan fingerprint density at radius 1 is 1.40 bits per heavy atom. The first kappa shape index (κ1) is 14.9. The Morgan fingerprint density at radius 3 is 2.60 bits per heavy atom. The van der Waals surface area contributed by atoms with Gasteiger partial charge in [0.15, 0.2) is 0 Å². The number of likely N-dealkylation sites (N-methyl/N-ethyl adjacent to an activating group) is 1. The minimum absolute atomic E-state index is 0.0429. The van der Waals surface area contributed by atoms with Crippen molar-refractivity contribution in [3.05, 3.63) is 22.7 Å². The van der Waals surface area contributed by atoms with Gasteiger partial charge in [-0.25, -0.2) is 4.79 Å². The first-order valence-electron chi connectivity index (χ1n) is 6.51. The number of anilines is 2. The van der Waals surface area contributed by atoms with Crippen LogP contribution < -0.4 is 10.6 Å². The van der Waals surface area contributed by atoms with Crippen molar-refractivity contribution in [1.82, 2.24) is 4.90 Å². The molecule has 0 unspecified atom stereocenters. The Labute approximate surface area is 123 Å². The molecule has 6 heteroatoms. The molecule has 1 aliphatic rings. The molecule has 0 aromatic heterocycles. The molecular formula is C14H20ClN3O2. The van der Waals surface area contributed by atoms with Gasteiger partial charge in [0, 0.05) is 30.9 Å². The van der Waals surface area contributed by atoms with E-state index >= 15 is 0 Å². The van der Waals surface area contributed by atoms with E-state index < -0.39 is 5.97 Å². The van der Waals surface area contributed by atoms with Gasteiger partial charge in [-0.2, -0.15) is 0 Å². The summed E-state index contributed by atoms with van der Waals surface area (Å²) in [6, 6.07) is 3.07. The second kappa shape index (κ2) is 5.14. The Bertz CT molecular complexity index is 545. The molecule has 0 amide bonds. The number of nitrogens with zero attached hydrogens (tertiary/aromatic N) is 2. The van der Waals surface area contributed by atoms with Crippen LogP contribution in [0.15, 0.2) is 12.1 Å². The molecule has 0 atom stereocenters. The maximum Gasteiger partial charge on any atom is 0.337 e. The van der Waals surface area contributed by atoms with Crippen LogP contribution >= 0.6 is 11.6 Å². The smallest absolute Gasteiger partial charge is 0.337 e. The number of carboxylic acid groups (broad SMARTS) is 1. The van der Waals surface area contributed by atoms with Crippen LogP contribution in [0.2, 0.25) is 5.02 Å². The summed E-state index contributed by atoms with van der Waals surface area (Å²) < 4.78 is 0. The van der Waals surface area contributed by atoms with Crippen molar-refractivity contribution >= 4 is 28.9 Å². The lowest BCUT2D eigenvalue weighted by Crippen LogP contribution is -2.58. The van der Waals surface area contributed by atoms with Crippen LogP contribution in [0.4, 0.5) is 11.4 Å². The van der Waals surface area contributed by atoms with Gasteiger partial charge < -0.3 is 15.7 Å². The van der Waals surface area contributed by atoms with E-state index in [1.54, 1.807) is 6.07 Å². The molecule has 3 N–H and O–H groups in total. The Kier molecular flexibility index (Phi) is 3.84. The lowest BCUT2D eigenvalue weighted by Gasteiger charge is -2.46. The fourth-order valence-corrected chi connectivity index (χ4v) is 2.88. The third-order valence-electron chi connectivity index (χ3n) is 3.95. The number of piperazine rings is 1. The fraction of sp³-hybridized carbons (Fsp3) is 0.500. The van der Waals surface area contributed by atoms with Gasteiger partial charge in [-0.05, 0) is 33.0 Å². The number of carbonyl (C=O) groups is 1. The molecule has 1 saturated heterocycles. The van der Waals surface area contributed by atoms with E-state index in [1.165, 1.54) is 6.07 Å². The molecule has 2 rings (SSSR count). The molecule has 1 fully saturated rings. The summed E-state index contributed by atoms with van der Waals surface area (Å²) >= 11 is 6.24. The fourth-order valence-electron chi connectivity index (χ4n) is 2.54. The van der Waals surface area contributed by atoms with E-state index in [0.29, 0.717) is 22.9 Å². The van der Waals surface area contributed by atoms with E-state index in [0.717, 1.165) is 13.1 Å². The first-order chi connectivity index (χ1) is 9.22. The number of hydrogen-bond acceptors (Lipinski definition) is 4. The van der Waals surface area contributed by atoms with Gasteiger partial charge in [0.25, 0.3) is 0 Å². The van der Waals surface area contributed by atoms with Crippen LogP contribution in [0.5, 0.6) is 0 Å². The van der Waals surface area contributed by atoms with Gasteiger partial charge >= 0.3 is 5.97 Å². The Balaban J connectivity index is 2.45. The Hall–Kier alpha value is -1.46. The minimum Gasteiger partial charge on any atom is -0.478 e. The van der Waals surface area contributed by atoms with Crippen molar-refractivity contribution in [2.75, 3.05) is 37.3 Å². The highest BCUT2D eigenvalue weighted by molar-refractivity contribution is 6.34. The topological polar surface area (TPSA) is 69.8 Å². The summed E-state index contributed by atoms with van der Waals surface area (Å²) in [6.45, 7) is 6.57. The van der Waals surface area contributed by atoms with Crippen LogP contribution in [-0.4, -0.2) is 48.2 Å². The average Bonchev–Trinajstić information content (AvgIpc) is 2.31. The predicted molar refractivity (Wildman–Crippen MR) is 81.7 cm³/mol. The van der Waals surface area contributed by atoms with Crippen molar-refractivity contribution in [3.63, 3.8) is 0 Å². The molecule has 1 heterocycles. The molecule has 1 aromatic rings. The zero-order valence-electron chi connectivity index (χ0n) is 12.0. The third kappa shape index (κ3) is 2.69. The molecule has 0 spiro atoms. The summed E-state index contributed by atoms with van der Waals surface area (Å²) in [4.78, 5) is 15.7. The molecule has 110 valence electrons. The van der Waals surface area contributed by atoms with Crippen molar-refractivity contribution < 1.29 is 9.90 Å². The zero-order chi connectivity index (χ0) is 15.1. The molecule has 1 aromatic carbocycles. The molecule has 5 nitrogen and oxygen atoms in total. The summed E-state index contributed by atoms with van der Waals surface area (Å²) in [5.41, 5.74) is 6.75. The van der Waals surface area contributed by atoms with Gasteiger partial charge in [-0.1, -0.05) is 11.6 Å². The molecule has 0 aliphatic carbocycles. The normalized spacial score (nSPS) is 19.1. The Morgan fingerprint density at radius 2 is 2.05 bits per heavy atom. The highest BCUT2D eigenvalue weighted by atomic mass is 35.5. The van der Waals surface area contributed by atoms with Crippen LogP contribution in [-0.2, 0) is 0 Å². The molecule has 1 aliphatic heterocycles. The maximum absolute atomic E-state index is 11.4. The van der Waals surface area contributed by atoms with E-state index in [1.807, 2.05) is 4.90 Å². The van der Waals surface area contributed by atoms with Gasteiger partial charge in [0.2, 0.25) is 0 Å². The highest BCUT2D eigenvalue weighted by Crippen LogP contribution is 2.35. The monoisotopic (exact) mass is 297 g/mol. The number of halogens is 1. The second-order valence-electron chi connectivity index (χ2n) is 5.86. The number of rotatable bonds is 2. The van der Waals surface area contributed by atoms with Crippen molar-refractivity contribution in [1.29, 1.82) is 0 Å². The molecule has 0 saturated carbocycles. The molecular weight excluding hydrogens is 278 g/mol. The summed E-state index contributed by atoms with van der Waals surface area (Å²) in [5.74, 6) is -1.01. The SMILES string of the molecule is CN1CCN(c2c(Cl)cc(N)cc2C(=O)O)CC1(C)C. The highest BCUT2D eigenvalue weighted by Gasteiger charge is 2.33. The van der Waals surface area contributed by atoms with Gasteiger partial charge in [0.05, 0.1) is 16.3 Å². The second-order valence-corrected chi connectivity index (χ2v) is 6.27. The zero-order valence-corrected chi connectivity index (χ0v) is 12.7. The van der Waals surface area contributed by atoms with Crippen LogP contribution in [0.3, 0.4) is 0 Å². The van der Waals surface area contributed by atoms with Gasteiger partial charge in [0.1, 0.15) is 0 Å². The number of carboxylic acids is 1. The molecule has 20 heavy (non-hydrogen) atoms. The predicted octanol–water partition coefficient (Wildman–Crippen LogP) is 2.15. The number of nitrogens with two attached hydrogens (primary N) is 1. The maximum atomic E-state index is 11.4. The first-order valence-corrected chi connectivity index (χ1v) is 6.88. The van der Waals surface area contributed by atoms with Crippen LogP contribution in [0.1, 0.15) is 24.2 Å². The van der Waals surface area contributed by atoms with Crippen LogP contribution in [0.25, 0.3) is 0 Å². The average molecular weight is 298 g/mol. The van der Waals surface area contributed by atoms with Gasteiger partial charge in [-0.15, -0.1) is 0 Å². The molecule has 0 radical (unpaired) electrons. The summed E-state index contributed by atoms with van der Waals surface area (Å²) in [6.07, 6.45) is 0. The quantitative estimate of drug-likeness (QED) is 0.819. The van der Waals surface area contributed by atoms with E-state index in [4.69, 9.17) is 17.3 Å². The van der Waals surface area contributed by atoms with E-state index in [2.05, 4.69) is 25.8 Å². The van der Waals surface area contributed by atoms with Crippen LogP contribution in [0, 0.1) is 0 Å². The van der Waals surface area contributed by atoms with E-state index in [9.17, 15) is 9.90 Å². The number of benzene rings is 1. The standard InChI is InChI=1S/C14H20ClN3O2/c1-14(2)8-18(5-4-17(14)3)12-10(13(19)20)6-9(16)7-11(12)15/h6-7H,4-5,8,16H2,1-3H3,(H,19,20). The van der Waals surface area contributed by atoms with Gasteiger partial charge in [-0.3, -0.25) is 4.90 Å². The lowest BCUT2D eigenvalue weighted by molar-refractivity contribution is 0.0696. The number of aromatic carboxylic acids is 1. The minimum atomic E-state index is -1.01. The van der Waals surface area contributed by atoms with E-state index in [-0.39, 0.29) is 11.1 Å². The largest absolute Gasteiger partial charge is 0.478 e. The van der Waals surface area contributed by atoms with Crippen molar-refractivity contribution in [2.45, 2.75) is 19.4 Å².